The third-order valence-corrected chi connectivity index (χ3v) is 2.77. The van der Waals surface area contributed by atoms with Gasteiger partial charge in [-0.05, 0) is 24.5 Å². The van der Waals surface area contributed by atoms with Gasteiger partial charge >= 0.3 is 0 Å². The molecule has 0 saturated heterocycles. The number of aromatic nitrogens is 1. The molecule has 0 bridgehead atoms. The fourth-order valence-corrected chi connectivity index (χ4v) is 1.18. The average molecular weight is 238 g/mol. The van der Waals surface area contributed by atoms with E-state index >= 15 is 0 Å². The fraction of sp³-hybridized carbons (Fsp3) is 0.308. The van der Waals surface area contributed by atoms with Crippen molar-refractivity contribution in [2.75, 3.05) is 0 Å². The Morgan fingerprint density at radius 1 is 1.50 bits per heavy atom. The van der Waals surface area contributed by atoms with Crippen LogP contribution in [-0.4, -0.2) is 4.98 Å². The van der Waals surface area contributed by atoms with Crippen molar-refractivity contribution in [1.29, 1.82) is 0 Å². The van der Waals surface area contributed by atoms with Gasteiger partial charge in [0.2, 0.25) is 0 Å². The van der Waals surface area contributed by atoms with Gasteiger partial charge < -0.3 is 4.42 Å². The number of allylic oxidation sites excluding steroid dienone is 5. The lowest BCUT2D eigenvalue weighted by Crippen LogP contribution is -1.87. The van der Waals surface area contributed by atoms with E-state index in [9.17, 15) is 0 Å². The molecule has 0 spiro atoms. The number of rotatable bonds is 4. The molecule has 0 aliphatic heterocycles. The van der Waals surface area contributed by atoms with Crippen LogP contribution in [0.15, 0.2) is 46.4 Å². The first kappa shape index (κ1) is 12.8. The Labute approximate surface area is 101 Å². The quantitative estimate of drug-likeness (QED) is 0.725. The van der Waals surface area contributed by atoms with E-state index in [1.165, 1.54) is 6.39 Å². The Morgan fingerprint density at radius 3 is 2.69 bits per heavy atom. The highest BCUT2D eigenvalue weighted by Crippen LogP contribution is 2.21. The third kappa shape index (κ3) is 3.38. The van der Waals surface area contributed by atoms with Gasteiger partial charge in [0.1, 0.15) is 12.0 Å². The van der Waals surface area contributed by atoms with Crippen LogP contribution in [-0.2, 0) is 0 Å². The Bertz CT molecular complexity index is 413. The van der Waals surface area contributed by atoms with E-state index in [0.29, 0.717) is 11.0 Å². The summed E-state index contributed by atoms with van der Waals surface area (Å²) >= 11 is 6.14. The zero-order valence-electron chi connectivity index (χ0n) is 9.83. The summed E-state index contributed by atoms with van der Waals surface area (Å²) in [5.41, 5.74) is 2.69. The molecule has 0 aliphatic rings. The summed E-state index contributed by atoms with van der Waals surface area (Å²) in [5, 5.41) is 0.649. The second-order valence-corrected chi connectivity index (χ2v) is 4.32. The molecule has 3 heteroatoms. The van der Waals surface area contributed by atoms with Crippen molar-refractivity contribution in [2.24, 2.45) is 5.92 Å². The van der Waals surface area contributed by atoms with Gasteiger partial charge in [-0.1, -0.05) is 43.7 Å². The summed E-state index contributed by atoms with van der Waals surface area (Å²) in [6.07, 6.45) is 6.73. The van der Waals surface area contributed by atoms with Gasteiger partial charge in [0, 0.05) is 5.03 Å². The minimum Gasteiger partial charge on any atom is -0.451 e. The van der Waals surface area contributed by atoms with Crippen molar-refractivity contribution < 1.29 is 4.42 Å². The zero-order chi connectivity index (χ0) is 12.1. The Balaban J connectivity index is 2.82. The molecule has 1 aromatic rings. The summed E-state index contributed by atoms with van der Waals surface area (Å²) in [6.45, 7) is 10.0. The lowest BCUT2D eigenvalue weighted by atomic mass is 10.0. The predicted octanol–water partition coefficient (Wildman–Crippen LogP) is 4.41. The van der Waals surface area contributed by atoms with E-state index in [0.717, 1.165) is 16.8 Å². The number of nitrogens with zero attached hydrogens (tertiary/aromatic N) is 1. The lowest BCUT2D eigenvalue weighted by molar-refractivity contribution is 0.557. The number of halogens is 1. The van der Waals surface area contributed by atoms with E-state index in [-0.39, 0.29) is 0 Å². The fourth-order valence-electron chi connectivity index (χ4n) is 1.02. The highest BCUT2D eigenvalue weighted by atomic mass is 35.5. The second kappa shape index (κ2) is 5.71. The van der Waals surface area contributed by atoms with E-state index in [4.69, 9.17) is 16.0 Å². The van der Waals surface area contributed by atoms with Crippen LogP contribution in [0.3, 0.4) is 0 Å². The molecular weight excluding hydrogens is 222 g/mol. The third-order valence-electron chi connectivity index (χ3n) is 2.36. The molecule has 0 saturated carbocycles. The van der Waals surface area contributed by atoms with E-state index < -0.39 is 0 Å². The Hall–Kier alpha value is -1.28. The van der Waals surface area contributed by atoms with Crippen LogP contribution in [0.25, 0.3) is 5.57 Å². The minimum atomic E-state index is 0.424. The van der Waals surface area contributed by atoms with Gasteiger partial charge in [-0.25, -0.2) is 4.98 Å². The smallest absolute Gasteiger partial charge is 0.181 e. The van der Waals surface area contributed by atoms with Gasteiger partial charge in [0.15, 0.2) is 6.39 Å². The highest BCUT2D eigenvalue weighted by Gasteiger charge is 2.03. The molecule has 16 heavy (non-hydrogen) atoms. The predicted molar refractivity (Wildman–Crippen MR) is 68.1 cm³/mol. The highest BCUT2D eigenvalue weighted by molar-refractivity contribution is 6.34. The van der Waals surface area contributed by atoms with Crippen LogP contribution in [0.2, 0.25) is 0 Å². The normalized spacial score (nSPS) is 13.3. The van der Waals surface area contributed by atoms with Crippen molar-refractivity contribution >= 4 is 17.2 Å². The number of hydrogen-bond acceptors (Lipinski definition) is 2. The van der Waals surface area contributed by atoms with Gasteiger partial charge in [-0.2, -0.15) is 0 Å². The van der Waals surface area contributed by atoms with E-state index in [1.807, 2.05) is 19.1 Å². The van der Waals surface area contributed by atoms with Gasteiger partial charge in [0.05, 0.1) is 0 Å². The number of hydrogen-bond donors (Lipinski definition) is 0. The van der Waals surface area contributed by atoms with E-state index in [2.05, 4.69) is 25.4 Å². The molecule has 0 aliphatic carbocycles. The molecule has 0 radical (unpaired) electrons. The van der Waals surface area contributed by atoms with Crippen molar-refractivity contribution in [1.82, 2.24) is 4.98 Å². The lowest BCUT2D eigenvalue weighted by Gasteiger charge is -2.03. The van der Waals surface area contributed by atoms with Crippen molar-refractivity contribution in [3.05, 3.63) is 47.7 Å². The van der Waals surface area contributed by atoms with Crippen LogP contribution in [0.1, 0.15) is 26.5 Å². The molecule has 0 N–H and O–H groups in total. The molecule has 86 valence electrons. The molecule has 0 unspecified atom stereocenters. The summed E-state index contributed by atoms with van der Waals surface area (Å²) in [6, 6.07) is 0. The molecule has 0 aromatic carbocycles. The largest absolute Gasteiger partial charge is 0.451 e. The molecule has 0 fully saturated rings. The maximum atomic E-state index is 6.14. The van der Waals surface area contributed by atoms with Gasteiger partial charge in [-0.3, -0.25) is 0 Å². The summed E-state index contributed by atoms with van der Waals surface area (Å²) in [4.78, 5) is 4.03. The first-order valence-electron chi connectivity index (χ1n) is 5.14. The first-order chi connectivity index (χ1) is 7.52. The van der Waals surface area contributed by atoms with Gasteiger partial charge in [0.25, 0.3) is 0 Å². The SMILES string of the molecule is C=C(/C=C\C(Cl)=C(/C)c1cocn1)C(C)C. The van der Waals surface area contributed by atoms with Crippen LogP contribution >= 0.6 is 11.6 Å². The maximum absolute atomic E-state index is 6.14. The number of oxazole rings is 1. The molecular formula is C13H16ClNO. The molecule has 1 rings (SSSR count). The van der Waals surface area contributed by atoms with Crippen molar-refractivity contribution in [2.45, 2.75) is 20.8 Å². The Morgan fingerprint density at radius 2 is 2.19 bits per heavy atom. The molecule has 1 heterocycles. The Kier molecular flexibility index (Phi) is 4.56. The van der Waals surface area contributed by atoms with Crippen LogP contribution < -0.4 is 0 Å². The van der Waals surface area contributed by atoms with Crippen molar-refractivity contribution in [3.8, 4) is 0 Å². The standard InChI is InChI=1S/C13H16ClNO/c1-9(2)10(3)5-6-12(14)11(4)13-7-16-8-15-13/h5-9H,3H2,1-2,4H3/b6-5-,12-11-. The molecule has 0 atom stereocenters. The topological polar surface area (TPSA) is 26.0 Å². The minimum absolute atomic E-state index is 0.424. The first-order valence-corrected chi connectivity index (χ1v) is 5.52. The zero-order valence-corrected chi connectivity index (χ0v) is 10.6. The summed E-state index contributed by atoms with van der Waals surface area (Å²) in [7, 11) is 0. The second-order valence-electron chi connectivity index (χ2n) is 3.91. The molecule has 1 aromatic heterocycles. The average Bonchev–Trinajstić information content (AvgIpc) is 2.77. The van der Waals surface area contributed by atoms with Crippen LogP contribution in [0, 0.1) is 5.92 Å². The van der Waals surface area contributed by atoms with Crippen LogP contribution in [0.5, 0.6) is 0 Å². The van der Waals surface area contributed by atoms with Crippen LogP contribution in [0.4, 0.5) is 0 Å². The molecule has 2 nitrogen and oxygen atoms in total. The monoisotopic (exact) mass is 237 g/mol. The molecule has 0 amide bonds. The maximum Gasteiger partial charge on any atom is 0.181 e. The van der Waals surface area contributed by atoms with Gasteiger partial charge in [-0.15, -0.1) is 0 Å². The summed E-state index contributed by atoms with van der Waals surface area (Å²) in [5.74, 6) is 0.424. The van der Waals surface area contributed by atoms with Crippen molar-refractivity contribution in [3.63, 3.8) is 0 Å². The van der Waals surface area contributed by atoms with E-state index in [1.54, 1.807) is 6.26 Å². The summed E-state index contributed by atoms with van der Waals surface area (Å²) < 4.78 is 4.90.